The van der Waals surface area contributed by atoms with Crippen molar-refractivity contribution in [3.05, 3.63) is 60.8 Å². The number of allylic oxidation sites excluding steroid dienone is 8. The SMILES string of the molecule is CC/C=C\C/C=C\C[C@@H](/C=C/C=C\C/C=C\CCCCCC(=O)O)OO. The van der Waals surface area contributed by atoms with Crippen LogP contribution in [0.25, 0.3) is 0 Å². The van der Waals surface area contributed by atoms with Crippen LogP contribution >= 0.6 is 0 Å². The molecule has 0 aliphatic heterocycles. The number of aliphatic carboxylic acids is 1. The van der Waals surface area contributed by atoms with Crippen molar-refractivity contribution < 1.29 is 20.0 Å². The first-order valence-corrected chi connectivity index (χ1v) is 9.51. The van der Waals surface area contributed by atoms with Gasteiger partial charge in [0.05, 0.1) is 0 Å². The summed E-state index contributed by atoms with van der Waals surface area (Å²) in [5.41, 5.74) is 0. The highest BCUT2D eigenvalue weighted by molar-refractivity contribution is 5.66. The maximum absolute atomic E-state index is 10.4. The highest BCUT2D eigenvalue weighted by Gasteiger charge is 1.99. The van der Waals surface area contributed by atoms with Crippen LogP contribution in [0, 0.1) is 0 Å². The molecular weight excluding hydrogens is 328 g/mol. The average molecular weight is 363 g/mol. The van der Waals surface area contributed by atoms with Gasteiger partial charge in [0, 0.05) is 6.42 Å². The monoisotopic (exact) mass is 362 g/mol. The lowest BCUT2D eigenvalue weighted by molar-refractivity contribution is -0.264. The average Bonchev–Trinajstić information content (AvgIpc) is 2.63. The number of unbranched alkanes of at least 4 members (excludes halogenated alkanes) is 3. The molecule has 4 nitrogen and oxygen atoms in total. The first-order valence-electron chi connectivity index (χ1n) is 9.51. The van der Waals surface area contributed by atoms with Crippen molar-refractivity contribution in [2.45, 2.75) is 70.8 Å². The molecule has 4 heteroatoms. The molecule has 1 atom stereocenters. The summed E-state index contributed by atoms with van der Waals surface area (Å²) in [6.45, 7) is 2.11. The summed E-state index contributed by atoms with van der Waals surface area (Å²) < 4.78 is 0. The van der Waals surface area contributed by atoms with Crippen molar-refractivity contribution in [3.8, 4) is 0 Å². The van der Waals surface area contributed by atoms with Gasteiger partial charge in [-0.25, -0.2) is 4.89 Å². The molecule has 0 amide bonds. The van der Waals surface area contributed by atoms with Gasteiger partial charge in [-0.1, -0.05) is 74.1 Å². The van der Waals surface area contributed by atoms with Crippen LogP contribution in [0.1, 0.15) is 64.7 Å². The standard InChI is InChI=1S/C22H34O4/c1-2-3-4-5-12-15-18-21(26-25)19-16-13-10-8-6-7-9-11-14-17-20-22(23)24/h3-4,6-7,10,12-13,15-16,19,21,25H,2,5,8-9,11,14,17-18,20H2,1H3,(H,23,24)/b4-3-,7-6-,13-10-,15-12-,19-16+/t21-/m0/s1. The third-order valence-corrected chi connectivity index (χ3v) is 3.62. The number of carboxylic acid groups (broad SMARTS) is 1. The van der Waals surface area contributed by atoms with Gasteiger partial charge in [-0.2, -0.15) is 0 Å². The molecule has 0 saturated carbocycles. The van der Waals surface area contributed by atoms with Crippen molar-refractivity contribution in [1.82, 2.24) is 0 Å². The fourth-order valence-corrected chi connectivity index (χ4v) is 2.18. The predicted octanol–water partition coefficient (Wildman–Crippen LogP) is 6.24. The molecule has 0 rings (SSSR count). The molecule has 2 N–H and O–H groups in total. The van der Waals surface area contributed by atoms with Crippen LogP contribution < -0.4 is 0 Å². The van der Waals surface area contributed by atoms with Crippen molar-refractivity contribution >= 4 is 5.97 Å². The molecule has 0 fully saturated rings. The summed E-state index contributed by atoms with van der Waals surface area (Å²) in [5.74, 6) is -0.715. The number of rotatable bonds is 16. The summed E-state index contributed by atoms with van der Waals surface area (Å²) in [6, 6.07) is 0. The molecule has 0 aliphatic rings. The third kappa shape index (κ3) is 18.4. The van der Waals surface area contributed by atoms with E-state index < -0.39 is 5.97 Å². The van der Waals surface area contributed by atoms with Crippen LogP contribution in [0.2, 0.25) is 0 Å². The minimum atomic E-state index is -0.715. The molecule has 0 aliphatic carbocycles. The van der Waals surface area contributed by atoms with Gasteiger partial charge in [0.25, 0.3) is 0 Å². The largest absolute Gasteiger partial charge is 0.481 e. The molecule has 0 spiro atoms. The van der Waals surface area contributed by atoms with E-state index in [1.165, 1.54) is 0 Å². The minimum Gasteiger partial charge on any atom is -0.481 e. The van der Waals surface area contributed by atoms with E-state index in [1.54, 1.807) is 0 Å². The molecule has 0 aromatic rings. The molecule has 0 heterocycles. The number of hydrogen-bond donors (Lipinski definition) is 2. The summed E-state index contributed by atoms with van der Waals surface area (Å²) >= 11 is 0. The van der Waals surface area contributed by atoms with Gasteiger partial charge in [0.15, 0.2) is 0 Å². The van der Waals surface area contributed by atoms with Gasteiger partial charge < -0.3 is 5.11 Å². The highest BCUT2D eigenvalue weighted by Crippen LogP contribution is 2.04. The Kier molecular flexibility index (Phi) is 18.0. The summed E-state index contributed by atoms with van der Waals surface area (Å²) in [4.78, 5) is 14.8. The van der Waals surface area contributed by atoms with E-state index in [9.17, 15) is 4.79 Å². The topological polar surface area (TPSA) is 66.8 Å². The first-order chi connectivity index (χ1) is 12.7. The van der Waals surface area contributed by atoms with E-state index in [0.29, 0.717) is 6.42 Å². The Balaban J connectivity index is 3.77. The van der Waals surface area contributed by atoms with E-state index in [2.05, 4.69) is 42.2 Å². The third-order valence-electron chi connectivity index (χ3n) is 3.62. The maximum Gasteiger partial charge on any atom is 0.303 e. The Bertz CT molecular complexity index is 473. The van der Waals surface area contributed by atoms with Gasteiger partial charge in [-0.05, 0) is 44.9 Å². The quantitative estimate of drug-likeness (QED) is 0.112. The Morgan fingerprint density at radius 2 is 1.65 bits per heavy atom. The predicted molar refractivity (Wildman–Crippen MR) is 108 cm³/mol. The lowest BCUT2D eigenvalue weighted by Gasteiger charge is -2.03. The molecule has 0 aromatic heterocycles. The van der Waals surface area contributed by atoms with Crippen molar-refractivity contribution in [2.24, 2.45) is 0 Å². The van der Waals surface area contributed by atoms with Gasteiger partial charge >= 0.3 is 5.97 Å². The van der Waals surface area contributed by atoms with Crippen molar-refractivity contribution in [2.75, 3.05) is 0 Å². The van der Waals surface area contributed by atoms with Crippen molar-refractivity contribution in [3.63, 3.8) is 0 Å². The Morgan fingerprint density at radius 3 is 2.38 bits per heavy atom. The second-order valence-electron chi connectivity index (χ2n) is 5.98. The van der Waals surface area contributed by atoms with Crippen LogP contribution in [-0.4, -0.2) is 22.4 Å². The van der Waals surface area contributed by atoms with E-state index in [-0.39, 0.29) is 12.5 Å². The second-order valence-corrected chi connectivity index (χ2v) is 5.98. The zero-order chi connectivity index (χ0) is 19.3. The number of carbonyl (C=O) groups is 1. The molecular formula is C22H34O4. The van der Waals surface area contributed by atoms with Crippen LogP contribution in [-0.2, 0) is 9.68 Å². The molecule has 0 radical (unpaired) electrons. The van der Waals surface area contributed by atoms with E-state index >= 15 is 0 Å². The zero-order valence-electron chi connectivity index (χ0n) is 15.9. The van der Waals surface area contributed by atoms with Crippen LogP contribution in [0.15, 0.2) is 60.8 Å². The minimum absolute atomic E-state index is 0.267. The maximum atomic E-state index is 10.4. The molecule has 146 valence electrons. The molecule has 0 aromatic carbocycles. The van der Waals surface area contributed by atoms with Gasteiger partial charge in [0.1, 0.15) is 6.10 Å². The van der Waals surface area contributed by atoms with Crippen molar-refractivity contribution in [1.29, 1.82) is 0 Å². The lowest BCUT2D eigenvalue weighted by atomic mass is 10.1. The Hall–Kier alpha value is -1.91. The fraction of sp³-hybridized carbons (Fsp3) is 0.500. The second kappa shape index (κ2) is 19.4. The first kappa shape index (κ1) is 24.1. The Labute approximate surface area is 158 Å². The zero-order valence-corrected chi connectivity index (χ0v) is 15.9. The van der Waals surface area contributed by atoms with Crippen LogP contribution in [0.5, 0.6) is 0 Å². The summed E-state index contributed by atoms with van der Waals surface area (Å²) in [6.07, 6.45) is 27.4. The van der Waals surface area contributed by atoms with Gasteiger partial charge in [-0.3, -0.25) is 10.1 Å². The fourth-order valence-electron chi connectivity index (χ4n) is 2.18. The molecule has 0 bridgehead atoms. The molecule has 0 unspecified atom stereocenters. The van der Waals surface area contributed by atoms with E-state index in [1.807, 2.05) is 30.4 Å². The highest BCUT2D eigenvalue weighted by atomic mass is 17.1. The smallest absolute Gasteiger partial charge is 0.303 e. The van der Waals surface area contributed by atoms with Crippen LogP contribution in [0.3, 0.4) is 0 Å². The van der Waals surface area contributed by atoms with Gasteiger partial charge in [-0.15, -0.1) is 0 Å². The van der Waals surface area contributed by atoms with E-state index in [0.717, 1.165) is 44.9 Å². The lowest BCUT2D eigenvalue weighted by Crippen LogP contribution is -2.04. The molecule has 26 heavy (non-hydrogen) atoms. The van der Waals surface area contributed by atoms with E-state index in [4.69, 9.17) is 10.4 Å². The number of carboxylic acids is 1. The van der Waals surface area contributed by atoms with Crippen LogP contribution in [0.4, 0.5) is 0 Å². The number of hydrogen-bond acceptors (Lipinski definition) is 3. The molecule has 0 saturated heterocycles. The van der Waals surface area contributed by atoms with Gasteiger partial charge in [0.2, 0.25) is 0 Å². The summed E-state index contributed by atoms with van der Waals surface area (Å²) in [5, 5.41) is 17.4. The summed E-state index contributed by atoms with van der Waals surface area (Å²) in [7, 11) is 0. The Morgan fingerprint density at radius 1 is 0.923 bits per heavy atom. The normalized spacial score (nSPS) is 13.9.